The van der Waals surface area contributed by atoms with Crippen LogP contribution in [0.4, 0.5) is 10.5 Å². The van der Waals surface area contributed by atoms with Crippen molar-refractivity contribution in [2.24, 2.45) is 0 Å². The summed E-state index contributed by atoms with van der Waals surface area (Å²) in [5.74, 6) is 0. The molecule has 1 amide bonds. The molecule has 1 heterocycles. The number of aromatic nitrogens is 2. The molecule has 0 aliphatic heterocycles. The van der Waals surface area contributed by atoms with Crippen molar-refractivity contribution in [3.8, 4) is 0 Å². The van der Waals surface area contributed by atoms with Crippen LogP contribution in [0.25, 0.3) is 0 Å². The molecule has 3 aromatic rings. The molecular formula is C18H14Cl3N3O3S. The zero-order chi connectivity index (χ0) is 20.6. The van der Waals surface area contributed by atoms with E-state index in [4.69, 9.17) is 34.8 Å². The SMILES string of the molecule is Cc1ccccc1N(C)C(=O)n1cc(Cl)c(S(=O)(=O)c2cc(Cl)cc(Cl)c2)n1. The van der Waals surface area contributed by atoms with Crippen molar-refractivity contribution in [1.29, 1.82) is 0 Å². The van der Waals surface area contributed by atoms with Gasteiger partial charge in [-0.25, -0.2) is 13.2 Å². The number of carbonyl (C=O) groups excluding carboxylic acids is 1. The molecule has 6 nitrogen and oxygen atoms in total. The van der Waals surface area contributed by atoms with Crippen LogP contribution >= 0.6 is 34.8 Å². The Hall–Kier alpha value is -2.06. The average Bonchev–Trinajstić information content (AvgIpc) is 3.02. The Labute approximate surface area is 177 Å². The van der Waals surface area contributed by atoms with E-state index in [9.17, 15) is 13.2 Å². The summed E-state index contributed by atoms with van der Waals surface area (Å²) in [6.45, 7) is 1.86. The van der Waals surface area contributed by atoms with Crippen molar-refractivity contribution in [3.63, 3.8) is 0 Å². The first-order valence-electron chi connectivity index (χ1n) is 7.91. The van der Waals surface area contributed by atoms with Gasteiger partial charge in [0.05, 0.1) is 16.1 Å². The number of para-hydroxylation sites is 1. The smallest absolute Gasteiger partial charge is 0.295 e. The predicted octanol–water partition coefficient (Wildman–Crippen LogP) is 5.09. The number of anilines is 1. The van der Waals surface area contributed by atoms with Crippen molar-refractivity contribution in [3.05, 3.63) is 69.3 Å². The van der Waals surface area contributed by atoms with Crippen LogP contribution in [0.3, 0.4) is 0 Å². The van der Waals surface area contributed by atoms with E-state index in [2.05, 4.69) is 5.10 Å². The lowest BCUT2D eigenvalue weighted by molar-refractivity contribution is 0.246. The van der Waals surface area contributed by atoms with Crippen molar-refractivity contribution >= 4 is 56.4 Å². The molecule has 0 saturated carbocycles. The monoisotopic (exact) mass is 457 g/mol. The Bertz CT molecular complexity index is 1160. The molecule has 0 N–H and O–H groups in total. The van der Waals surface area contributed by atoms with E-state index >= 15 is 0 Å². The summed E-state index contributed by atoms with van der Waals surface area (Å²) in [7, 11) is -2.57. The number of hydrogen-bond donors (Lipinski definition) is 0. The molecule has 2 aromatic carbocycles. The van der Waals surface area contributed by atoms with Crippen LogP contribution in [0.1, 0.15) is 5.56 Å². The predicted molar refractivity (Wildman–Crippen MR) is 110 cm³/mol. The van der Waals surface area contributed by atoms with Crippen LogP contribution in [0, 0.1) is 6.92 Å². The fourth-order valence-corrected chi connectivity index (χ4v) is 4.99. The number of aryl methyl sites for hydroxylation is 1. The maximum Gasteiger partial charge on any atom is 0.348 e. The van der Waals surface area contributed by atoms with Crippen LogP contribution in [-0.4, -0.2) is 31.3 Å². The largest absolute Gasteiger partial charge is 0.348 e. The van der Waals surface area contributed by atoms with Crippen molar-refractivity contribution in [2.75, 3.05) is 11.9 Å². The fourth-order valence-electron chi connectivity index (χ4n) is 2.61. The number of nitrogens with zero attached hydrogens (tertiary/aromatic N) is 3. The van der Waals surface area contributed by atoms with E-state index in [1.54, 1.807) is 19.2 Å². The molecule has 0 atom stereocenters. The van der Waals surface area contributed by atoms with E-state index < -0.39 is 20.9 Å². The van der Waals surface area contributed by atoms with Gasteiger partial charge in [0.25, 0.3) is 0 Å². The van der Waals surface area contributed by atoms with Gasteiger partial charge in [-0.2, -0.15) is 9.78 Å². The Balaban J connectivity index is 2.01. The first-order valence-corrected chi connectivity index (χ1v) is 10.5. The second-order valence-corrected chi connectivity index (χ2v) is 9.11. The van der Waals surface area contributed by atoms with E-state index in [1.807, 2.05) is 19.1 Å². The molecule has 0 aliphatic rings. The Morgan fingerprint density at radius 3 is 2.29 bits per heavy atom. The third-order valence-electron chi connectivity index (χ3n) is 4.00. The summed E-state index contributed by atoms with van der Waals surface area (Å²) in [4.78, 5) is 13.9. The van der Waals surface area contributed by atoms with E-state index in [0.717, 1.165) is 16.4 Å². The number of benzene rings is 2. The number of amides is 1. The molecule has 10 heteroatoms. The van der Waals surface area contributed by atoms with Gasteiger partial charge in [-0.3, -0.25) is 4.90 Å². The van der Waals surface area contributed by atoms with Crippen LogP contribution in [0.5, 0.6) is 0 Å². The number of rotatable bonds is 3. The van der Waals surface area contributed by atoms with Gasteiger partial charge in [0, 0.05) is 22.8 Å². The first-order chi connectivity index (χ1) is 13.1. The fraction of sp³-hybridized carbons (Fsp3) is 0.111. The normalized spacial score (nSPS) is 11.5. The van der Waals surface area contributed by atoms with Gasteiger partial charge in [0.1, 0.15) is 0 Å². The topological polar surface area (TPSA) is 72.3 Å². The summed E-state index contributed by atoms with van der Waals surface area (Å²) >= 11 is 17.9. The second-order valence-electron chi connectivity index (χ2n) is 5.96. The molecule has 0 radical (unpaired) electrons. The maximum absolute atomic E-state index is 12.9. The van der Waals surface area contributed by atoms with E-state index in [-0.39, 0.29) is 20.0 Å². The summed E-state index contributed by atoms with van der Waals surface area (Å²) in [5.41, 5.74) is 1.53. The maximum atomic E-state index is 12.9. The highest BCUT2D eigenvalue weighted by atomic mass is 35.5. The van der Waals surface area contributed by atoms with Crippen molar-refractivity contribution < 1.29 is 13.2 Å². The summed E-state index contributed by atoms with van der Waals surface area (Å²) in [6.07, 6.45) is 1.15. The third-order valence-corrected chi connectivity index (χ3v) is 6.49. The zero-order valence-electron chi connectivity index (χ0n) is 14.7. The Kier molecular flexibility index (Phi) is 5.72. The van der Waals surface area contributed by atoms with E-state index in [0.29, 0.717) is 5.69 Å². The minimum absolute atomic E-state index is 0.150. The summed E-state index contributed by atoms with van der Waals surface area (Å²) in [6, 6.07) is 10.6. The molecule has 28 heavy (non-hydrogen) atoms. The quantitative estimate of drug-likeness (QED) is 0.548. The first kappa shape index (κ1) is 20.7. The van der Waals surface area contributed by atoms with Gasteiger partial charge < -0.3 is 0 Å². The van der Waals surface area contributed by atoms with Gasteiger partial charge in [-0.1, -0.05) is 53.0 Å². The molecule has 0 bridgehead atoms. The second kappa shape index (κ2) is 7.75. The average molecular weight is 459 g/mol. The highest BCUT2D eigenvalue weighted by Crippen LogP contribution is 2.30. The molecule has 0 spiro atoms. The lowest BCUT2D eigenvalue weighted by Crippen LogP contribution is -2.32. The van der Waals surface area contributed by atoms with Crippen LogP contribution in [-0.2, 0) is 9.84 Å². The van der Waals surface area contributed by atoms with Crippen LogP contribution < -0.4 is 4.90 Å². The Morgan fingerprint density at radius 1 is 1.07 bits per heavy atom. The van der Waals surface area contributed by atoms with E-state index in [1.165, 1.54) is 23.1 Å². The summed E-state index contributed by atoms with van der Waals surface area (Å²) in [5, 5.41) is 3.56. The number of sulfone groups is 1. The molecule has 1 aromatic heterocycles. The number of carbonyl (C=O) groups is 1. The summed E-state index contributed by atoms with van der Waals surface area (Å²) < 4.78 is 26.7. The highest BCUT2D eigenvalue weighted by molar-refractivity contribution is 7.91. The standard InChI is InChI=1S/C18H14Cl3N3O3S/c1-11-5-3-4-6-16(11)23(2)18(25)24-10-15(21)17(22-24)28(26,27)14-8-12(19)7-13(20)9-14/h3-10H,1-2H3. The van der Waals surface area contributed by atoms with Crippen LogP contribution in [0.15, 0.2) is 58.6 Å². The zero-order valence-corrected chi connectivity index (χ0v) is 17.8. The minimum Gasteiger partial charge on any atom is -0.295 e. The molecule has 146 valence electrons. The van der Waals surface area contributed by atoms with Crippen molar-refractivity contribution in [1.82, 2.24) is 9.78 Å². The van der Waals surface area contributed by atoms with Crippen LogP contribution in [0.2, 0.25) is 15.1 Å². The van der Waals surface area contributed by atoms with Gasteiger partial charge in [-0.15, -0.1) is 0 Å². The number of halogens is 3. The van der Waals surface area contributed by atoms with Crippen molar-refractivity contribution in [2.45, 2.75) is 16.8 Å². The Morgan fingerprint density at radius 2 is 1.68 bits per heavy atom. The van der Waals surface area contributed by atoms with Gasteiger partial charge in [-0.05, 0) is 36.8 Å². The highest BCUT2D eigenvalue weighted by Gasteiger charge is 2.28. The van der Waals surface area contributed by atoms with Gasteiger partial charge in [0.2, 0.25) is 14.9 Å². The van der Waals surface area contributed by atoms with Gasteiger partial charge >= 0.3 is 6.03 Å². The molecule has 0 aliphatic carbocycles. The molecule has 0 saturated heterocycles. The molecule has 0 unspecified atom stereocenters. The lowest BCUT2D eigenvalue weighted by atomic mass is 10.2. The minimum atomic E-state index is -4.13. The third kappa shape index (κ3) is 3.89. The molecular weight excluding hydrogens is 445 g/mol. The molecule has 3 rings (SSSR count). The van der Waals surface area contributed by atoms with Gasteiger partial charge in [0.15, 0.2) is 0 Å². The lowest BCUT2D eigenvalue weighted by Gasteiger charge is -2.18. The molecule has 0 fully saturated rings. The number of hydrogen-bond acceptors (Lipinski definition) is 4.